The Morgan fingerprint density at radius 1 is 1.80 bits per heavy atom. The molecule has 0 aliphatic rings. The SMILES string of the molecule is CCSc1ccnc(=O)[nH]1. The van der Waals surface area contributed by atoms with E-state index in [-0.39, 0.29) is 5.69 Å². The lowest BCUT2D eigenvalue weighted by atomic mass is 10.7. The minimum absolute atomic E-state index is 0.279. The molecule has 4 heteroatoms. The molecule has 0 radical (unpaired) electrons. The van der Waals surface area contributed by atoms with Crippen LogP contribution in [0.5, 0.6) is 0 Å². The van der Waals surface area contributed by atoms with Crippen LogP contribution >= 0.6 is 11.8 Å². The molecule has 1 N–H and O–H groups in total. The lowest BCUT2D eigenvalue weighted by molar-refractivity contribution is 0.979. The third-order valence-corrected chi connectivity index (χ3v) is 1.79. The van der Waals surface area contributed by atoms with Crippen molar-refractivity contribution in [3.63, 3.8) is 0 Å². The first kappa shape index (κ1) is 7.34. The Hall–Kier alpha value is -0.770. The highest BCUT2D eigenvalue weighted by Crippen LogP contribution is 2.10. The highest BCUT2D eigenvalue weighted by atomic mass is 32.2. The Kier molecular flexibility index (Phi) is 2.50. The van der Waals surface area contributed by atoms with Crippen LogP contribution in [0.15, 0.2) is 22.1 Å². The van der Waals surface area contributed by atoms with Crippen molar-refractivity contribution in [3.05, 3.63) is 22.7 Å². The number of rotatable bonds is 2. The van der Waals surface area contributed by atoms with E-state index in [0.29, 0.717) is 0 Å². The van der Waals surface area contributed by atoms with Gasteiger partial charge in [-0.1, -0.05) is 6.92 Å². The highest BCUT2D eigenvalue weighted by molar-refractivity contribution is 7.99. The van der Waals surface area contributed by atoms with Gasteiger partial charge in [0.1, 0.15) is 0 Å². The van der Waals surface area contributed by atoms with Crippen LogP contribution < -0.4 is 5.69 Å². The highest BCUT2D eigenvalue weighted by Gasteiger charge is 1.89. The average Bonchev–Trinajstić information content (AvgIpc) is 1.88. The average molecular weight is 156 g/mol. The molecule has 0 spiro atoms. The van der Waals surface area contributed by atoms with Gasteiger partial charge < -0.3 is 4.98 Å². The predicted molar refractivity (Wildman–Crippen MR) is 41.3 cm³/mol. The summed E-state index contributed by atoms with van der Waals surface area (Å²) in [4.78, 5) is 16.7. The van der Waals surface area contributed by atoms with E-state index in [1.54, 1.807) is 17.8 Å². The zero-order chi connectivity index (χ0) is 7.40. The molecule has 0 aliphatic carbocycles. The van der Waals surface area contributed by atoms with Gasteiger partial charge in [0.25, 0.3) is 0 Å². The molecule has 0 unspecified atom stereocenters. The Morgan fingerprint density at radius 3 is 3.20 bits per heavy atom. The van der Waals surface area contributed by atoms with Crippen molar-refractivity contribution < 1.29 is 0 Å². The molecule has 0 fully saturated rings. The van der Waals surface area contributed by atoms with Gasteiger partial charge in [0.05, 0.1) is 5.03 Å². The lowest BCUT2D eigenvalue weighted by Gasteiger charge is -1.93. The van der Waals surface area contributed by atoms with Crippen LogP contribution in [0.25, 0.3) is 0 Å². The van der Waals surface area contributed by atoms with E-state index in [1.165, 1.54) is 6.20 Å². The maximum absolute atomic E-state index is 10.6. The molecule has 0 saturated carbocycles. The molecule has 0 amide bonds. The van der Waals surface area contributed by atoms with E-state index in [9.17, 15) is 4.79 Å². The number of nitrogens with one attached hydrogen (secondary N) is 1. The van der Waals surface area contributed by atoms with Gasteiger partial charge in [0.15, 0.2) is 0 Å². The van der Waals surface area contributed by atoms with Crippen LogP contribution in [0.4, 0.5) is 0 Å². The lowest BCUT2D eigenvalue weighted by Crippen LogP contribution is -2.08. The molecule has 10 heavy (non-hydrogen) atoms. The molecule has 0 atom stereocenters. The van der Waals surface area contributed by atoms with Crippen molar-refractivity contribution in [1.29, 1.82) is 0 Å². The molecule has 0 aliphatic heterocycles. The maximum Gasteiger partial charge on any atom is 0.345 e. The molecule has 1 heterocycles. The second-order valence-corrected chi connectivity index (χ2v) is 2.98. The number of aromatic nitrogens is 2. The molecule has 3 nitrogen and oxygen atoms in total. The maximum atomic E-state index is 10.6. The molecular formula is C6H8N2OS. The summed E-state index contributed by atoms with van der Waals surface area (Å²) in [5.74, 6) is 0.958. The third kappa shape index (κ3) is 1.88. The molecule has 0 saturated heterocycles. The molecule has 1 aromatic heterocycles. The fraction of sp³-hybridized carbons (Fsp3) is 0.333. The number of aromatic amines is 1. The summed E-state index contributed by atoms with van der Waals surface area (Å²) in [6, 6.07) is 1.79. The number of hydrogen-bond acceptors (Lipinski definition) is 3. The summed E-state index contributed by atoms with van der Waals surface area (Å²) in [5, 5.41) is 0.877. The second kappa shape index (κ2) is 3.41. The van der Waals surface area contributed by atoms with Crippen LogP contribution in [0.1, 0.15) is 6.92 Å². The number of H-pyrrole nitrogens is 1. The molecule has 1 aromatic rings. The van der Waals surface area contributed by atoms with Crippen molar-refractivity contribution in [1.82, 2.24) is 9.97 Å². The van der Waals surface area contributed by atoms with Crippen molar-refractivity contribution in [2.24, 2.45) is 0 Å². The van der Waals surface area contributed by atoms with Gasteiger partial charge in [0.2, 0.25) is 0 Å². The first-order valence-electron chi connectivity index (χ1n) is 3.01. The van der Waals surface area contributed by atoms with Crippen LogP contribution in [0.2, 0.25) is 0 Å². The van der Waals surface area contributed by atoms with E-state index in [4.69, 9.17) is 0 Å². The Bertz CT molecular complexity index is 258. The normalized spacial score (nSPS) is 9.70. The first-order chi connectivity index (χ1) is 4.83. The van der Waals surface area contributed by atoms with Crippen molar-refractivity contribution >= 4 is 11.8 Å². The first-order valence-corrected chi connectivity index (χ1v) is 3.99. The van der Waals surface area contributed by atoms with Gasteiger partial charge >= 0.3 is 5.69 Å². The van der Waals surface area contributed by atoms with Crippen LogP contribution in [-0.4, -0.2) is 15.7 Å². The third-order valence-electron chi connectivity index (χ3n) is 0.948. The van der Waals surface area contributed by atoms with Gasteiger partial charge in [-0.05, 0) is 11.8 Å². The van der Waals surface area contributed by atoms with E-state index in [2.05, 4.69) is 9.97 Å². The fourth-order valence-corrected chi connectivity index (χ4v) is 1.22. The van der Waals surface area contributed by atoms with E-state index in [1.807, 2.05) is 6.92 Å². The summed E-state index contributed by atoms with van der Waals surface area (Å²) < 4.78 is 0. The molecule has 1 rings (SSSR count). The van der Waals surface area contributed by atoms with Gasteiger partial charge in [0, 0.05) is 6.20 Å². The van der Waals surface area contributed by atoms with Crippen LogP contribution in [-0.2, 0) is 0 Å². The molecule has 0 bridgehead atoms. The zero-order valence-electron chi connectivity index (χ0n) is 5.63. The van der Waals surface area contributed by atoms with Gasteiger partial charge in [-0.15, -0.1) is 11.8 Å². The molecular weight excluding hydrogens is 148 g/mol. The van der Waals surface area contributed by atoms with Crippen LogP contribution in [0, 0.1) is 0 Å². The summed E-state index contributed by atoms with van der Waals surface area (Å²) in [7, 11) is 0. The zero-order valence-corrected chi connectivity index (χ0v) is 6.44. The fourth-order valence-electron chi connectivity index (χ4n) is 0.592. The van der Waals surface area contributed by atoms with Crippen LogP contribution in [0.3, 0.4) is 0 Å². The van der Waals surface area contributed by atoms with Crippen molar-refractivity contribution in [3.8, 4) is 0 Å². The number of hydrogen-bond donors (Lipinski definition) is 1. The largest absolute Gasteiger partial charge is 0.345 e. The molecule has 54 valence electrons. The predicted octanol–water partition coefficient (Wildman–Crippen LogP) is 0.882. The summed E-state index contributed by atoms with van der Waals surface area (Å²) >= 11 is 1.59. The van der Waals surface area contributed by atoms with E-state index < -0.39 is 0 Å². The van der Waals surface area contributed by atoms with Gasteiger partial charge in [-0.3, -0.25) is 0 Å². The summed E-state index contributed by atoms with van der Waals surface area (Å²) in [6.45, 7) is 2.03. The smallest absolute Gasteiger partial charge is 0.300 e. The summed E-state index contributed by atoms with van der Waals surface area (Å²) in [6.07, 6.45) is 1.51. The monoisotopic (exact) mass is 156 g/mol. The minimum atomic E-state index is -0.279. The second-order valence-electron chi connectivity index (χ2n) is 1.67. The Morgan fingerprint density at radius 2 is 2.60 bits per heavy atom. The van der Waals surface area contributed by atoms with Crippen molar-refractivity contribution in [2.45, 2.75) is 11.9 Å². The van der Waals surface area contributed by atoms with E-state index >= 15 is 0 Å². The van der Waals surface area contributed by atoms with Crippen molar-refractivity contribution in [2.75, 3.05) is 5.75 Å². The van der Waals surface area contributed by atoms with E-state index in [0.717, 1.165) is 10.8 Å². The molecule has 0 aromatic carbocycles. The van der Waals surface area contributed by atoms with Gasteiger partial charge in [-0.25, -0.2) is 9.78 Å². The number of nitrogens with zero attached hydrogens (tertiary/aromatic N) is 1. The van der Waals surface area contributed by atoms with Gasteiger partial charge in [-0.2, -0.15) is 0 Å². The quantitative estimate of drug-likeness (QED) is 0.510. The minimum Gasteiger partial charge on any atom is -0.300 e. The summed E-state index contributed by atoms with van der Waals surface area (Å²) in [5.41, 5.74) is -0.279. The topological polar surface area (TPSA) is 45.8 Å². The Balaban J connectivity index is 2.85. The number of thioether (sulfide) groups is 1. The standard InChI is InChI=1S/C6H8N2OS/c1-2-10-5-3-4-7-6(9)8-5/h3-4H,2H2,1H3,(H,7,8,9). The Labute approximate surface area is 62.9 Å².